The number of hydrogen-bond acceptors (Lipinski definition) is 1. The normalized spacial score (nSPS) is 11.6. The second-order valence-electron chi connectivity index (χ2n) is 4.60. The summed E-state index contributed by atoms with van der Waals surface area (Å²) in [5, 5.41) is 3.93. The molecule has 0 saturated heterocycles. The first-order valence-corrected chi connectivity index (χ1v) is 6.91. The number of H-pyrrole nitrogens is 1. The van der Waals surface area contributed by atoms with Crippen LogP contribution in [0, 0.1) is 0 Å². The number of hydrogen-bond donors (Lipinski definition) is 2. The number of amides is 1. The van der Waals surface area contributed by atoms with E-state index < -0.39 is 0 Å². The predicted molar refractivity (Wildman–Crippen MR) is 87.2 cm³/mol. The average molecular weight is 297 g/mol. The lowest BCUT2D eigenvalue weighted by Crippen LogP contribution is -2.11. The Morgan fingerprint density at radius 2 is 1.76 bits per heavy atom. The van der Waals surface area contributed by atoms with Crippen LogP contribution >= 0.6 is 11.6 Å². The first kappa shape index (κ1) is 13.5. The molecule has 0 unspecified atom stereocenters. The number of fused-ring (bicyclic) bond motifs is 1. The van der Waals surface area contributed by atoms with Crippen LogP contribution in [0.25, 0.3) is 17.0 Å². The Balaban J connectivity index is 1.84. The van der Waals surface area contributed by atoms with Gasteiger partial charge in [0.15, 0.2) is 0 Å². The number of aromatic nitrogens is 1. The van der Waals surface area contributed by atoms with Gasteiger partial charge in [0.05, 0.1) is 0 Å². The molecule has 0 aliphatic heterocycles. The van der Waals surface area contributed by atoms with Crippen molar-refractivity contribution in [1.82, 2.24) is 4.98 Å². The fourth-order valence-electron chi connectivity index (χ4n) is 2.13. The fraction of sp³-hybridized carbons (Fsp3) is 0. The Morgan fingerprint density at radius 1 is 1.05 bits per heavy atom. The lowest BCUT2D eigenvalue weighted by Gasteiger charge is -2.03. The van der Waals surface area contributed by atoms with E-state index in [4.69, 9.17) is 11.6 Å². The molecule has 0 aliphatic rings. The summed E-state index contributed by atoms with van der Waals surface area (Å²) < 4.78 is 0. The summed E-state index contributed by atoms with van der Waals surface area (Å²) in [5.41, 5.74) is 2.61. The summed E-state index contributed by atoms with van der Waals surface area (Å²) in [4.78, 5) is 15.2. The zero-order chi connectivity index (χ0) is 14.7. The number of benzene rings is 2. The van der Waals surface area contributed by atoms with E-state index >= 15 is 0 Å². The van der Waals surface area contributed by atoms with Crippen molar-refractivity contribution >= 4 is 40.2 Å². The Morgan fingerprint density at radius 3 is 2.57 bits per heavy atom. The zero-order valence-electron chi connectivity index (χ0n) is 11.1. The van der Waals surface area contributed by atoms with E-state index in [2.05, 4.69) is 10.3 Å². The Bertz CT molecular complexity index is 806. The van der Waals surface area contributed by atoms with Crippen LogP contribution in [0.2, 0.25) is 0 Å². The molecule has 4 heteroatoms. The number of carbonyl (C=O) groups is 1. The van der Waals surface area contributed by atoms with Crippen LogP contribution in [0.3, 0.4) is 0 Å². The van der Waals surface area contributed by atoms with Crippen molar-refractivity contribution in [2.24, 2.45) is 0 Å². The van der Waals surface area contributed by atoms with Gasteiger partial charge in [0.25, 0.3) is 5.91 Å². The van der Waals surface area contributed by atoms with Crippen LogP contribution in [0.4, 0.5) is 5.69 Å². The molecule has 2 aromatic carbocycles. The summed E-state index contributed by atoms with van der Waals surface area (Å²) >= 11 is 6.11. The second kappa shape index (κ2) is 5.85. The van der Waals surface area contributed by atoms with Gasteiger partial charge in [0.2, 0.25) is 0 Å². The lowest BCUT2D eigenvalue weighted by molar-refractivity contribution is -0.112. The van der Waals surface area contributed by atoms with E-state index in [0.29, 0.717) is 5.69 Å². The number of para-hydroxylation sites is 2. The quantitative estimate of drug-likeness (QED) is 0.692. The van der Waals surface area contributed by atoms with Crippen LogP contribution in [-0.4, -0.2) is 10.9 Å². The predicted octanol–water partition coefficient (Wildman–Crippen LogP) is 4.39. The average Bonchev–Trinajstić information content (AvgIpc) is 2.91. The molecular weight excluding hydrogens is 284 g/mol. The van der Waals surface area contributed by atoms with E-state index in [-0.39, 0.29) is 10.9 Å². The summed E-state index contributed by atoms with van der Waals surface area (Å²) in [5.74, 6) is -0.326. The molecule has 0 radical (unpaired) electrons. The van der Waals surface area contributed by atoms with Crippen LogP contribution in [0.15, 0.2) is 65.8 Å². The molecule has 3 nitrogen and oxygen atoms in total. The van der Waals surface area contributed by atoms with Crippen molar-refractivity contribution in [2.45, 2.75) is 0 Å². The highest BCUT2D eigenvalue weighted by atomic mass is 35.5. The van der Waals surface area contributed by atoms with Gasteiger partial charge in [-0.05, 0) is 24.3 Å². The van der Waals surface area contributed by atoms with Crippen molar-refractivity contribution in [1.29, 1.82) is 0 Å². The highest BCUT2D eigenvalue weighted by Gasteiger charge is 2.08. The maximum atomic E-state index is 12.1. The van der Waals surface area contributed by atoms with Gasteiger partial charge in [-0.1, -0.05) is 48.0 Å². The Hall–Kier alpha value is -2.52. The first-order valence-electron chi connectivity index (χ1n) is 6.54. The monoisotopic (exact) mass is 296 g/mol. The van der Waals surface area contributed by atoms with Gasteiger partial charge in [-0.2, -0.15) is 0 Å². The van der Waals surface area contributed by atoms with Gasteiger partial charge in [-0.3, -0.25) is 4.79 Å². The summed E-state index contributed by atoms with van der Waals surface area (Å²) in [7, 11) is 0. The molecule has 104 valence electrons. The number of anilines is 1. The van der Waals surface area contributed by atoms with E-state index in [1.54, 1.807) is 6.08 Å². The van der Waals surface area contributed by atoms with E-state index in [1.807, 2.05) is 60.8 Å². The topological polar surface area (TPSA) is 44.9 Å². The van der Waals surface area contributed by atoms with Crippen molar-refractivity contribution in [3.63, 3.8) is 0 Å². The molecular formula is C17H13ClN2O. The lowest BCUT2D eigenvalue weighted by atomic mass is 10.1. The van der Waals surface area contributed by atoms with Crippen LogP contribution in [-0.2, 0) is 4.79 Å². The van der Waals surface area contributed by atoms with E-state index in [0.717, 1.165) is 16.5 Å². The van der Waals surface area contributed by atoms with Gasteiger partial charge in [0.1, 0.15) is 5.03 Å². The number of aromatic amines is 1. The highest BCUT2D eigenvalue weighted by Crippen LogP contribution is 2.22. The molecule has 0 atom stereocenters. The largest absolute Gasteiger partial charge is 0.361 e. The summed E-state index contributed by atoms with van der Waals surface area (Å²) in [6, 6.07) is 17.1. The van der Waals surface area contributed by atoms with Crippen molar-refractivity contribution in [3.05, 3.63) is 71.4 Å². The third-order valence-corrected chi connectivity index (χ3v) is 3.43. The molecule has 0 bridgehead atoms. The first-order chi connectivity index (χ1) is 10.2. The maximum absolute atomic E-state index is 12.1. The minimum atomic E-state index is -0.326. The van der Waals surface area contributed by atoms with E-state index in [1.165, 1.54) is 0 Å². The number of carbonyl (C=O) groups excluding carboxylic acids is 1. The molecule has 3 rings (SSSR count). The van der Waals surface area contributed by atoms with Crippen molar-refractivity contribution in [3.8, 4) is 0 Å². The molecule has 0 saturated carbocycles. The van der Waals surface area contributed by atoms with E-state index in [9.17, 15) is 4.79 Å². The summed E-state index contributed by atoms with van der Waals surface area (Å²) in [6.07, 6.45) is 3.50. The minimum absolute atomic E-state index is 0.142. The molecule has 3 aromatic rings. The fourth-order valence-corrected chi connectivity index (χ4v) is 2.29. The van der Waals surface area contributed by atoms with Gasteiger partial charge in [0, 0.05) is 28.4 Å². The molecule has 0 fully saturated rings. The van der Waals surface area contributed by atoms with Gasteiger partial charge < -0.3 is 10.3 Å². The highest BCUT2D eigenvalue weighted by molar-refractivity contribution is 6.45. The molecule has 1 heterocycles. The summed E-state index contributed by atoms with van der Waals surface area (Å²) in [6.45, 7) is 0. The minimum Gasteiger partial charge on any atom is -0.361 e. The molecule has 1 aromatic heterocycles. The third kappa shape index (κ3) is 2.98. The molecule has 1 amide bonds. The maximum Gasteiger partial charge on any atom is 0.267 e. The Kier molecular flexibility index (Phi) is 3.75. The van der Waals surface area contributed by atoms with Crippen LogP contribution in [0.5, 0.6) is 0 Å². The standard InChI is InChI=1S/C17H13ClN2O/c18-15(17(21)20-13-6-2-1-3-7-13)10-12-11-19-16-9-5-4-8-14(12)16/h1-11,19H,(H,20,21)/b15-10-. The SMILES string of the molecule is O=C(Nc1ccccc1)/C(Cl)=C/c1c[nH]c2ccccc12. The second-order valence-corrected chi connectivity index (χ2v) is 5.01. The van der Waals surface area contributed by atoms with Crippen molar-refractivity contribution < 1.29 is 4.79 Å². The number of rotatable bonds is 3. The van der Waals surface area contributed by atoms with Crippen LogP contribution < -0.4 is 5.32 Å². The third-order valence-electron chi connectivity index (χ3n) is 3.15. The molecule has 2 N–H and O–H groups in total. The number of nitrogens with one attached hydrogen (secondary N) is 2. The van der Waals surface area contributed by atoms with Crippen molar-refractivity contribution in [2.75, 3.05) is 5.32 Å². The Labute approximate surface area is 127 Å². The van der Waals surface area contributed by atoms with Gasteiger partial charge >= 0.3 is 0 Å². The smallest absolute Gasteiger partial charge is 0.267 e. The number of halogens is 1. The van der Waals surface area contributed by atoms with Gasteiger partial charge in [-0.15, -0.1) is 0 Å². The van der Waals surface area contributed by atoms with Crippen LogP contribution in [0.1, 0.15) is 5.56 Å². The van der Waals surface area contributed by atoms with Gasteiger partial charge in [-0.25, -0.2) is 0 Å². The molecule has 21 heavy (non-hydrogen) atoms. The molecule has 0 spiro atoms. The molecule has 0 aliphatic carbocycles. The zero-order valence-corrected chi connectivity index (χ0v) is 11.9.